The van der Waals surface area contributed by atoms with Crippen molar-refractivity contribution in [2.75, 3.05) is 47.2 Å². The van der Waals surface area contributed by atoms with Gasteiger partial charge in [0.1, 0.15) is 0 Å². The van der Waals surface area contributed by atoms with Crippen LogP contribution < -0.4 is 20.0 Å². The Hall–Kier alpha value is -3.68. The molecule has 0 radical (unpaired) electrons. The summed E-state index contributed by atoms with van der Waals surface area (Å²) in [6, 6.07) is 12.2. The van der Waals surface area contributed by atoms with Gasteiger partial charge in [0.05, 0.1) is 23.6 Å². The average molecular weight is 416 g/mol. The highest BCUT2D eigenvalue weighted by Crippen LogP contribution is 2.39. The molecule has 1 saturated heterocycles. The van der Waals surface area contributed by atoms with Gasteiger partial charge in [0.15, 0.2) is 11.6 Å². The molecule has 158 valence electrons. The van der Waals surface area contributed by atoms with Gasteiger partial charge in [0.2, 0.25) is 0 Å². The molecule has 31 heavy (non-hydrogen) atoms. The van der Waals surface area contributed by atoms with Crippen molar-refractivity contribution in [3.05, 3.63) is 55.0 Å². The van der Waals surface area contributed by atoms with Crippen molar-refractivity contribution in [2.45, 2.75) is 18.9 Å². The van der Waals surface area contributed by atoms with Crippen LogP contribution >= 0.6 is 0 Å². The number of carbonyl (C=O) groups is 1. The number of benzene rings is 1. The van der Waals surface area contributed by atoms with Crippen LogP contribution in [-0.2, 0) is 0 Å². The lowest BCUT2D eigenvalue weighted by atomic mass is 9.99. The number of piperidine rings is 1. The number of aromatic nitrogens is 3. The van der Waals surface area contributed by atoms with Crippen LogP contribution in [0.15, 0.2) is 55.0 Å². The Bertz CT molecular complexity index is 1100. The van der Waals surface area contributed by atoms with E-state index in [-0.39, 0.29) is 12.1 Å². The summed E-state index contributed by atoms with van der Waals surface area (Å²) in [7, 11) is 4.04. The summed E-state index contributed by atoms with van der Waals surface area (Å²) in [5, 5.41) is 2.89. The van der Waals surface area contributed by atoms with Crippen molar-refractivity contribution in [3.8, 4) is 11.3 Å². The molecule has 1 fully saturated rings. The zero-order chi connectivity index (χ0) is 21.4. The molecule has 2 bridgehead atoms. The molecule has 0 spiro atoms. The third kappa shape index (κ3) is 3.65. The minimum atomic E-state index is -0.222. The summed E-state index contributed by atoms with van der Waals surface area (Å²) in [4.78, 5) is 32.7. The molecule has 3 aromatic rings. The van der Waals surface area contributed by atoms with Crippen LogP contribution in [0.1, 0.15) is 12.8 Å². The summed E-state index contributed by atoms with van der Waals surface area (Å²) in [5.74, 6) is 1.13. The van der Waals surface area contributed by atoms with Crippen LogP contribution in [0, 0.1) is 0 Å². The van der Waals surface area contributed by atoms with E-state index in [0.717, 1.165) is 48.6 Å². The Labute approximate surface area is 181 Å². The van der Waals surface area contributed by atoms with E-state index in [1.165, 1.54) is 0 Å². The quantitative estimate of drug-likeness (QED) is 0.704. The molecule has 8 nitrogen and oxygen atoms in total. The van der Waals surface area contributed by atoms with Gasteiger partial charge in [-0.25, -0.2) is 14.8 Å². The highest BCUT2D eigenvalue weighted by molar-refractivity contribution is 6.04. The minimum Gasteiger partial charge on any atom is -0.378 e. The zero-order valence-electron chi connectivity index (χ0n) is 17.7. The predicted octanol–water partition coefficient (Wildman–Crippen LogP) is 3.63. The monoisotopic (exact) mass is 415 g/mol. The number of rotatable bonds is 3. The second-order valence-corrected chi connectivity index (χ2v) is 8.12. The van der Waals surface area contributed by atoms with Crippen molar-refractivity contribution >= 4 is 29.0 Å². The first-order chi connectivity index (χ1) is 15.1. The Morgan fingerprint density at radius 2 is 2.10 bits per heavy atom. The minimum absolute atomic E-state index is 0.0776. The molecule has 5 rings (SSSR count). The fraction of sp³-hybridized carbons (Fsp3) is 0.304. The van der Waals surface area contributed by atoms with E-state index in [2.05, 4.69) is 49.4 Å². The number of hydrogen-bond acceptors (Lipinski definition) is 6. The van der Waals surface area contributed by atoms with Gasteiger partial charge in [-0.2, -0.15) is 0 Å². The lowest BCUT2D eigenvalue weighted by molar-refractivity contribution is 0.252. The maximum Gasteiger partial charge on any atom is 0.329 e. The topological polar surface area (TPSA) is 77.5 Å². The Morgan fingerprint density at radius 1 is 1.19 bits per heavy atom. The second-order valence-electron chi connectivity index (χ2n) is 8.12. The Balaban J connectivity index is 1.55. The molecule has 4 heterocycles. The smallest absolute Gasteiger partial charge is 0.329 e. The van der Waals surface area contributed by atoms with E-state index >= 15 is 0 Å². The molecule has 2 aromatic heterocycles. The molecule has 2 aliphatic heterocycles. The summed E-state index contributed by atoms with van der Waals surface area (Å²) >= 11 is 0. The largest absolute Gasteiger partial charge is 0.378 e. The van der Waals surface area contributed by atoms with Gasteiger partial charge in [0.25, 0.3) is 0 Å². The molecule has 2 amide bonds. The first-order valence-electron chi connectivity index (χ1n) is 10.5. The Kier molecular flexibility index (Phi) is 4.89. The van der Waals surface area contributed by atoms with Gasteiger partial charge in [-0.1, -0.05) is 12.1 Å². The lowest BCUT2D eigenvalue weighted by Gasteiger charge is -2.45. The number of hydrogen-bond donors (Lipinski definition) is 1. The predicted molar refractivity (Wildman–Crippen MR) is 123 cm³/mol. The number of nitrogens with zero attached hydrogens (tertiary/aromatic N) is 6. The number of pyridine rings is 1. The molecule has 8 heteroatoms. The van der Waals surface area contributed by atoms with Crippen LogP contribution in [-0.4, -0.2) is 54.2 Å². The van der Waals surface area contributed by atoms with Crippen molar-refractivity contribution in [1.29, 1.82) is 0 Å². The number of fused-ring (bicyclic) bond motifs is 4. The number of urea groups is 1. The Morgan fingerprint density at radius 3 is 2.90 bits per heavy atom. The third-order valence-electron chi connectivity index (χ3n) is 5.86. The second kappa shape index (κ2) is 7.86. The lowest BCUT2D eigenvalue weighted by Crippen LogP contribution is -2.56. The van der Waals surface area contributed by atoms with Gasteiger partial charge in [0, 0.05) is 50.8 Å². The van der Waals surface area contributed by atoms with Crippen molar-refractivity contribution in [1.82, 2.24) is 15.0 Å². The maximum absolute atomic E-state index is 13.3. The van der Waals surface area contributed by atoms with Gasteiger partial charge >= 0.3 is 6.03 Å². The summed E-state index contributed by atoms with van der Waals surface area (Å²) in [6.07, 6.45) is 6.70. The van der Waals surface area contributed by atoms with Crippen LogP contribution in [0.2, 0.25) is 0 Å². The van der Waals surface area contributed by atoms with E-state index in [9.17, 15) is 4.79 Å². The molecule has 1 atom stereocenters. The van der Waals surface area contributed by atoms with Gasteiger partial charge in [-0.15, -0.1) is 0 Å². The highest BCUT2D eigenvalue weighted by Gasteiger charge is 2.38. The third-order valence-corrected chi connectivity index (χ3v) is 5.86. The standard InChI is InChI=1S/C23H25N7O/c1-28(2)17-6-3-5-16(13-17)19-8-9-20-22(26-19)30(18-7-4-12-29(20)15-18)23(31)27-21-14-24-10-11-25-21/h3,5-6,8-11,13-14,18H,4,7,12,15H2,1-2H3,(H,25,27,31)/t18-/m1/s1. The number of anilines is 4. The van der Waals surface area contributed by atoms with Gasteiger partial charge < -0.3 is 9.80 Å². The molecule has 0 aliphatic carbocycles. The number of nitrogens with one attached hydrogen (secondary N) is 1. The summed E-state index contributed by atoms with van der Waals surface area (Å²) in [6.45, 7) is 1.80. The summed E-state index contributed by atoms with van der Waals surface area (Å²) in [5.41, 5.74) is 3.97. The van der Waals surface area contributed by atoms with Crippen molar-refractivity contribution < 1.29 is 4.79 Å². The highest BCUT2D eigenvalue weighted by atomic mass is 16.2. The molecule has 0 saturated carbocycles. The van der Waals surface area contributed by atoms with Crippen LogP contribution in [0.4, 0.5) is 27.8 Å². The maximum atomic E-state index is 13.3. The van der Waals surface area contributed by atoms with E-state index in [0.29, 0.717) is 11.6 Å². The first kappa shape index (κ1) is 19.3. The molecule has 2 aliphatic rings. The van der Waals surface area contributed by atoms with E-state index in [4.69, 9.17) is 4.98 Å². The number of carbonyl (C=O) groups excluding carboxylic acids is 1. The molecule has 0 unspecified atom stereocenters. The molecule has 1 aromatic carbocycles. The zero-order valence-corrected chi connectivity index (χ0v) is 17.7. The van der Waals surface area contributed by atoms with Crippen molar-refractivity contribution in [2.24, 2.45) is 0 Å². The van der Waals surface area contributed by atoms with Crippen LogP contribution in [0.3, 0.4) is 0 Å². The fourth-order valence-corrected chi connectivity index (χ4v) is 4.32. The SMILES string of the molecule is CN(C)c1cccc(-c2ccc3c(n2)N(C(=O)Nc2cnccn2)[C@@H]2CCCN3C2)c1. The van der Waals surface area contributed by atoms with Crippen molar-refractivity contribution in [3.63, 3.8) is 0 Å². The van der Waals surface area contributed by atoms with Gasteiger partial charge in [-0.05, 0) is 37.1 Å². The molecule has 1 N–H and O–H groups in total. The van der Waals surface area contributed by atoms with E-state index < -0.39 is 0 Å². The first-order valence-corrected chi connectivity index (χ1v) is 10.5. The normalized spacial score (nSPS) is 17.2. The molecular formula is C23H25N7O. The van der Waals surface area contributed by atoms with E-state index in [1.54, 1.807) is 23.5 Å². The summed E-state index contributed by atoms with van der Waals surface area (Å²) < 4.78 is 0. The van der Waals surface area contributed by atoms with Gasteiger partial charge in [-0.3, -0.25) is 15.2 Å². The van der Waals surface area contributed by atoms with Crippen LogP contribution in [0.5, 0.6) is 0 Å². The number of amides is 2. The fourth-order valence-electron chi connectivity index (χ4n) is 4.32. The molecular weight excluding hydrogens is 390 g/mol. The van der Waals surface area contributed by atoms with E-state index in [1.807, 2.05) is 26.2 Å². The van der Waals surface area contributed by atoms with Crippen LogP contribution in [0.25, 0.3) is 11.3 Å². The average Bonchev–Trinajstić information content (AvgIpc) is 2.80.